The van der Waals surface area contributed by atoms with Gasteiger partial charge in [0.1, 0.15) is 0 Å². The highest BCUT2D eigenvalue weighted by Crippen LogP contribution is 2.28. The number of nitriles is 1. The van der Waals surface area contributed by atoms with Crippen molar-refractivity contribution in [2.75, 3.05) is 25.2 Å². The van der Waals surface area contributed by atoms with Crippen molar-refractivity contribution in [1.82, 2.24) is 5.32 Å². The van der Waals surface area contributed by atoms with Crippen molar-refractivity contribution < 1.29 is 19.1 Å². The Kier molecular flexibility index (Phi) is 9.19. The Hall–Kier alpha value is -3.53. The summed E-state index contributed by atoms with van der Waals surface area (Å²) in [5.41, 5.74) is 1.59. The fourth-order valence-electron chi connectivity index (χ4n) is 2.91. The van der Waals surface area contributed by atoms with Crippen LogP contribution in [0.2, 0.25) is 0 Å². The van der Waals surface area contributed by atoms with Gasteiger partial charge in [-0.1, -0.05) is 24.3 Å². The van der Waals surface area contributed by atoms with E-state index in [0.717, 1.165) is 11.3 Å². The number of carbonyl (C=O) groups is 2. The second-order valence-electron chi connectivity index (χ2n) is 6.48. The predicted octanol–water partition coefficient (Wildman–Crippen LogP) is 3.44. The van der Waals surface area contributed by atoms with Gasteiger partial charge in [0.15, 0.2) is 11.5 Å². The summed E-state index contributed by atoms with van der Waals surface area (Å²) < 4.78 is 10.8. The van der Waals surface area contributed by atoms with Crippen molar-refractivity contribution >= 4 is 17.5 Å². The molecule has 0 bridgehead atoms. The second kappa shape index (κ2) is 12.1. The average molecular weight is 409 g/mol. The molecule has 0 unspecified atom stereocenters. The van der Waals surface area contributed by atoms with Gasteiger partial charge in [-0.3, -0.25) is 9.59 Å². The van der Waals surface area contributed by atoms with Gasteiger partial charge in [-0.25, -0.2) is 0 Å². The van der Waals surface area contributed by atoms with Gasteiger partial charge in [0.25, 0.3) is 0 Å². The fourth-order valence-corrected chi connectivity index (χ4v) is 2.91. The summed E-state index contributed by atoms with van der Waals surface area (Å²) in [7, 11) is 1.57. The molecule has 2 aromatic rings. The van der Waals surface area contributed by atoms with Crippen LogP contribution in [0.5, 0.6) is 11.5 Å². The van der Waals surface area contributed by atoms with Crippen LogP contribution >= 0.6 is 0 Å². The standard InChI is InChI=1S/C23H27N3O4/c1-3-30-20-11-10-18(16-21(20)29-2)17-25-22(27)12-13-23(28)26(15-7-14-24)19-8-5-4-6-9-19/h4-6,8-11,16H,3,7,12-13,15,17H2,1-2H3,(H,25,27). The highest BCUT2D eigenvalue weighted by Gasteiger charge is 2.16. The number of methoxy groups -OCH3 is 1. The summed E-state index contributed by atoms with van der Waals surface area (Å²) in [4.78, 5) is 26.4. The van der Waals surface area contributed by atoms with E-state index in [2.05, 4.69) is 11.4 Å². The smallest absolute Gasteiger partial charge is 0.227 e. The van der Waals surface area contributed by atoms with Crippen LogP contribution < -0.4 is 19.7 Å². The topological polar surface area (TPSA) is 91.7 Å². The van der Waals surface area contributed by atoms with Crippen molar-refractivity contribution in [3.8, 4) is 17.6 Å². The summed E-state index contributed by atoms with van der Waals surface area (Å²) in [6, 6.07) is 16.7. The van der Waals surface area contributed by atoms with Crippen molar-refractivity contribution in [2.24, 2.45) is 0 Å². The lowest BCUT2D eigenvalue weighted by Crippen LogP contribution is -2.33. The molecule has 0 aliphatic rings. The molecule has 158 valence electrons. The number of amides is 2. The van der Waals surface area contributed by atoms with Crippen LogP contribution in [0.15, 0.2) is 48.5 Å². The van der Waals surface area contributed by atoms with Crippen LogP contribution in [0.1, 0.15) is 31.7 Å². The maximum atomic E-state index is 12.6. The molecule has 0 saturated carbocycles. The highest BCUT2D eigenvalue weighted by atomic mass is 16.5. The number of hydrogen-bond donors (Lipinski definition) is 1. The molecule has 0 saturated heterocycles. The summed E-state index contributed by atoms with van der Waals surface area (Å²) in [6.07, 6.45) is 0.369. The fraction of sp³-hybridized carbons (Fsp3) is 0.348. The third-order valence-electron chi connectivity index (χ3n) is 4.40. The van der Waals surface area contributed by atoms with E-state index >= 15 is 0 Å². The Morgan fingerprint density at radius 1 is 1.10 bits per heavy atom. The summed E-state index contributed by atoms with van der Waals surface area (Å²) >= 11 is 0. The van der Waals surface area contributed by atoms with Gasteiger partial charge in [-0.2, -0.15) is 5.26 Å². The molecule has 2 aromatic carbocycles. The van der Waals surface area contributed by atoms with E-state index in [4.69, 9.17) is 14.7 Å². The Labute approximate surface area is 177 Å². The summed E-state index contributed by atoms with van der Waals surface area (Å²) in [5, 5.41) is 11.7. The Bertz CT molecular complexity index is 878. The molecule has 0 aliphatic carbocycles. The second-order valence-corrected chi connectivity index (χ2v) is 6.48. The third kappa shape index (κ3) is 6.82. The van der Waals surface area contributed by atoms with Gasteiger partial charge >= 0.3 is 0 Å². The van der Waals surface area contributed by atoms with E-state index in [9.17, 15) is 9.59 Å². The molecule has 2 rings (SSSR count). The third-order valence-corrected chi connectivity index (χ3v) is 4.40. The zero-order valence-electron chi connectivity index (χ0n) is 17.4. The first kappa shape index (κ1) is 22.8. The minimum absolute atomic E-state index is 0.0682. The molecular weight excluding hydrogens is 382 g/mol. The lowest BCUT2D eigenvalue weighted by Gasteiger charge is -2.21. The van der Waals surface area contributed by atoms with Crippen molar-refractivity contribution in [3.63, 3.8) is 0 Å². The number of hydrogen-bond acceptors (Lipinski definition) is 5. The highest BCUT2D eigenvalue weighted by molar-refractivity contribution is 5.95. The van der Waals surface area contributed by atoms with Crippen molar-refractivity contribution in [3.05, 3.63) is 54.1 Å². The van der Waals surface area contributed by atoms with Crippen LogP contribution in [-0.4, -0.2) is 32.1 Å². The van der Waals surface area contributed by atoms with E-state index in [1.807, 2.05) is 49.4 Å². The first-order valence-corrected chi connectivity index (χ1v) is 9.87. The molecular formula is C23H27N3O4. The molecule has 0 spiro atoms. The normalized spacial score (nSPS) is 10.0. The van der Waals surface area contributed by atoms with E-state index in [-0.39, 0.29) is 31.1 Å². The van der Waals surface area contributed by atoms with E-state index in [1.54, 1.807) is 18.1 Å². The van der Waals surface area contributed by atoms with Crippen LogP contribution in [0, 0.1) is 11.3 Å². The van der Waals surface area contributed by atoms with Crippen LogP contribution in [0.25, 0.3) is 0 Å². The largest absolute Gasteiger partial charge is 0.493 e. The summed E-state index contributed by atoms with van der Waals surface area (Å²) in [6.45, 7) is 3.06. The quantitative estimate of drug-likeness (QED) is 0.614. The van der Waals surface area contributed by atoms with E-state index in [1.165, 1.54) is 0 Å². The van der Waals surface area contributed by atoms with Gasteiger partial charge in [-0.05, 0) is 36.8 Å². The molecule has 1 N–H and O–H groups in total. The Balaban J connectivity index is 1.88. The molecule has 7 nitrogen and oxygen atoms in total. The average Bonchev–Trinajstić information content (AvgIpc) is 2.78. The van der Waals surface area contributed by atoms with E-state index in [0.29, 0.717) is 31.2 Å². The first-order chi connectivity index (χ1) is 14.6. The lowest BCUT2D eigenvalue weighted by atomic mass is 10.2. The zero-order chi connectivity index (χ0) is 21.8. The van der Waals surface area contributed by atoms with Gasteiger partial charge < -0.3 is 19.7 Å². The molecule has 0 fully saturated rings. The van der Waals surface area contributed by atoms with E-state index < -0.39 is 0 Å². The van der Waals surface area contributed by atoms with Gasteiger partial charge in [-0.15, -0.1) is 0 Å². The van der Waals surface area contributed by atoms with Gasteiger partial charge in [0, 0.05) is 31.6 Å². The maximum absolute atomic E-state index is 12.6. The van der Waals surface area contributed by atoms with Crippen LogP contribution in [0.4, 0.5) is 5.69 Å². The number of para-hydroxylation sites is 1. The number of nitrogens with one attached hydrogen (secondary N) is 1. The van der Waals surface area contributed by atoms with Gasteiger partial charge in [0.2, 0.25) is 11.8 Å². The zero-order valence-corrected chi connectivity index (χ0v) is 17.4. The predicted molar refractivity (Wildman–Crippen MR) is 114 cm³/mol. The first-order valence-electron chi connectivity index (χ1n) is 9.87. The Morgan fingerprint density at radius 3 is 2.53 bits per heavy atom. The molecule has 0 heterocycles. The van der Waals surface area contributed by atoms with Crippen LogP contribution in [0.3, 0.4) is 0 Å². The molecule has 2 amide bonds. The minimum Gasteiger partial charge on any atom is -0.493 e. The Morgan fingerprint density at radius 2 is 1.87 bits per heavy atom. The molecule has 0 radical (unpaired) electrons. The number of benzene rings is 2. The van der Waals surface area contributed by atoms with Gasteiger partial charge in [0.05, 0.1) is 26.2 Å². The SMILES string of the molecule is CCOc1ccc(CNC(=O)CCC(=O)N(CCC#N)c2ccccc2)cc1OC. The monoisotopic (exact) mass is 409 g/mol. The number of carbonyl (C=O) groups excluding carboxylic acids is 2. The molecule has 0 atom stereocenters. The molecule has 30 heavy (non-hydrogen) atoms. The number of nitrogens with zero attached hydrogens (tertiary/aromatic N) is 2. The molecule has 0 aromatic heterocycles. The minimum atomic E-state index is -0.218. The molecule has 7 heteroatoms. The number of ether oxygens (including phenoxy) is 2. The summed E-state index contributed by atoms with van der Waals surface area (Å²) in [5.74, 6) is 0.854. The molecule has 0 aliphatic heterocycles. The number of anilines is 1. The van der Waals surface area contributed by atoms with Crippen LogP contribution in [-0.2, 0) is 16.1 Å². The lowest BCUT2D eigenvalue weighted by molar-refractivity contribution is -0.125. The van der Waals surface area contributed by atoms with Crippen molar-refractivity contribution in [1.29, 1.82) is 5.26 Å². The maximum Gasteiger partial charge on any atom is 0.227 e. The van der Waals surface area contributed by atoms with Crippen molar-refractivity contribution in [2.45, 2.75) is 32.7 Å². The number of rotatable bonds is 11.